The molecule has 39 heavy (non-hydrogen) atoms. The minimum absolute atomic E-state index is 0.481. The number of rotatable bonds is 7. The molecule has 0 aliphatic carbocycles. The minimum atomic E-state index is -2.04. The highest BCUT2D eigenvalue weighted by molar-refractivity contribution is 5.88. The van der Waals surface area contributed by atoms with Gasteiger partial charge in [0.2, 0.25) is 5.79 Å². The maximum atomic E-state index is 12.8. The lowest BCUT2D eigenvalue weighted by atomic mass is 9.86. The maximum Gasteiger partial charge on any atom is 0.408 e. The summed E-state index contributed by atoms with van der Waals surface area (Å²) in [6.45, 7) is 7.06. The van der Waals surface area contributed by atoms with Crippen LogP contribution in [0.3, 0.4) is 0 Å². The van der Waals surface area contributed by atoms with Crippen molar-refractivity contribution in [3.63, 3.8) is 0 Å². The molecule has 0 saturated carbocycles. The van der Waals surface area contributed by atoms with Gasteiger partial charge >= 0.3 is 30.0 Å². The van der Waals surface area contributed by atoms with Crippen molar-refractivity contribution in [1.82, 2.24) is 5.32 Å². The first-order valence-electron chi connectivity index (χ1n) is 11.7. The summed E-state index contributed by atoms with van der Waals surface area (Å²) >= 11 is 0. The van der Waals surface area contributed by atoms with E-state index in [1.807, 2.05) is 0 Å². The molecule has 0 radical (unpaired) electrons. The van der Waals surface area contributed by atoms with E-state index in [1.165, 1.54) is 6.08 Å². The molecular formula is C23H32N4O12. The summed E-state index contributed by atoms with van der Waals surface area (Å²) in [6.07, 6.45) is -2.78. The number of ether oxygens (including phenoxy) is 7. The quantitative estimate of drug-likeness (QED) is 0.117. The van der Waals surface area contributed by atoms with Crippen LogP contribution >= 0.6 is 0 Å². The molecule has 16 nitrogen and oxygen atoms in total. The third kappa shape index (κ3) is 7.81. The molecule has 0 bridgehead atoms. The van der Waals surface area contributed by atoms with E-state index in [0.29, 0.717) is 0 Å². The summed E-state index contributed by atoms with van der Waals surface area (Å²) in [5.41, 5.74) is 6.51. The molecule has 1 fully saturated rings. The van der Waals surface area contributed by atoms with Gasteiger partial charge in [0.25, 0.3) is 0 Å². The van der Waals surface area contributed by atoms with Gasteiger partial charge in [-0.05, 0) is 38.5 Å². The van der Waals surface area contributed by atoms with Crippen LogP contribution in [0, 0.1) is 0 Å². The molecule has 6 atom stereocenters. The number of nitrogens with zero attached hydrogens (tertiary/aromatic N) is 3. The zero-order chi connectivity index (χ0) is 29.6. The van der Waals surface area contributed by atoms with E-state index >= 15 is 0 Å². The third-order valence-electron chi connectivity index (χ3n) is 5.38. The Labute approximate surface area is 223 Å². The Morgan fingerprint density at radius 3 is 2.13 bits per heavy atom. The average Bonchev–Trinajstić information content (AvgIpc) is 2.81. The number of alkyl carbamates (subject to hydrolysis) is 1. The first-order valence-corrected chi connectivity index (χ1v) is 11.7. The van der Waals surface area contributed by atoms with E-state index in [4.69, 9.17) is 33.2 Å². The van der Waals surface area contributed by atoms with Crippen molar-refractivity contribution in [3.05, 3.63) is 22.6 Å². The molecule has 2 rings (SSSR count). The van der Waals surface area contributed by atoms with Crippen LogP contribution in [-0.4, -0.2) is 91.6 Å². The average molecular weight is 557 g/mol. The predicted molar refractivity (Wildman–Crippen MR) is 127 cm³/mol. The van der Waals surface area contributed by atoms with Gasteiger partial charge in [-0.3, -0.25) is 19.7 Å². The number of carbonyl (C=O) groups is 5. The summed E-state index contributed by atoms with van der Waals surface area (Å²) < 4.78 is 37.8. The van der Waals surface area contributed by atoms with Crippen LogP contribution in [0.4, 0.5) is 4.79 Å². The molecule has 0 unspecified atom stereocenters. The third-order valence-corrected chi connectivity index (χ3v) is 5.38. The lowest BCUT2D eigenvalue weighted by molar-refractivity contribution is -0.317. The Balaban J connectivity index is 2.61. The van der Waals surface area contributed by atoms with Crippen LogP contribution in [0.2, 0.25) is 0 Å². The Kier molecular flexibility index (Phi) is 9.90. The smallest absolute Gasteiger partial charge is 0.408 e. The van der Waals surface area contributed by atoms with E-state index in [0.717, 1.165) is 34.0 Å². The largest absolute Gasteiger partial charge is 0.467 e. The van der Waals surface area contributed by atoms with E-state index in [1.54, 1.807) is 20.8 Å². The number of carbonyl (C=O) groups excluding carboxylic acids is 5. The highest BCUT2D eigenvalue weighted by atomic mass is 16.7. The van der Waals surface area contributed by atoms with E-state index in [9.17, 15) is 29.5 Å². The van der Waals surface area contributed by atoms with Gasteiger partial charge in [-0.1, -0.05) is 5.11 Å². The Morgan fingerprint density at radius 2 is 1.67 bits per heavy atom. The number of esters is 4. The van der Waals surface area contributed by atoms with Gasteiger partial charge in [-0.2, -0.15) is 0 Å². The minimum Gasteiger partial charge on any atom is -0.467 e. The Bertz CT molecular complexity index is 1070. The molecule has 1 amide bonds. The van der Waals surface area contributed by atoms with Crippen LogP contribution in [-0.2, 0) is 52.3 Å². The number of hydrogen-bond acceptors (Lipinski definition) is 13. The number of nitrogens with one attached hydrogen (secondary N) is 1. The van der Waals surface area contributed by atoms with Crippen molar-refractivity contribution in [3.8, 4) is 0 Å². The monoisotopic (exact) mass is 556 g/mol. The molecule has 2 aliphatic rings. The molecule has 1 spiro atoms. The molecule has 1 saturated heterocycles. The van der Waals surface area contributed by atoms with Crippen molar-refractivity contribution >= 4 is 30.0 Å². The van der Waals surface area contributed by atoms with Crippen molar-refractivity contribution in [2.24, 2.45) is 5.11 Å². The fourth-order valence-corrected chi connectivity index (χ4v) is 3.94. The summed E-state index contributed by atoms with van der Waals surface area (Å²) in [4.78, 5) is 63.5. The molecule has 0 aromatic carbocycles. The lowest BCUT2D eigenvalue weighted by Crippen LogP contribution is -2.70. The second-order valence-electron chi connectivity index (χ2n) is 9.69. The molecule has 0 aromatic rings. The molecule has 216 valence electrons. The van der Waals surface area contributed by atoms with Gasteiger partial charge in [0.1, 0.15) is 24.4 Å². The van der Waals surface area contributed by atoms with Gasteiger partial charge in [0, 0.05) is 25.7 Å². The lowest BCUT2D eigenvalue weighted by Gasteiger charge is -2.51. The van der Waals surface area contributed by atoms with Crippen LogP contribution in [0.15, 0.2) is 17.3 Å². The maximum absolute atomic E-state index is 12.8. The van der Waals surface area contributed by atoms with Gasteiger partial charge in [-0.25, -0.2) is 9.59 Å². The first-order chi connectivity index (χ1) is 18.1. The van der Waals surface area contributed by atoms with Crippen LogP contribution in [0.1, 0.15) is 41.5 Å². The van der Waals surface area contributed by atoms with Crippen molar-refractivity contribution in [2.45, 2.75) is 82.8 Å². The Hall–Kier alpha value is -3.88. The van der Waals surface area contributed by atoms with Gasteiger partial charge < -0.3 is 33.2 Å². The molecule has 0 aromatic heterocycles. The summed E-state index contributed by atoms with van der Waals surface area (Å²) in [7, 11) is 1.09. The first kappa shape index (κ1) is 31.3. The van der Waals surface area contributed by atoms with E-state index in [-0.39, 0.29) is 0 Å². The highest BCUT2D eigenvalue weighted by Gasteiger charge is 2.60. The fourth-order valence-electron chi connectivity index (χ4n) is 3.94. The summed E-state index contributed by atoms with van der Waals surface area (Å²) in [6, 6.07) is -1.52. The highest BCUT2D eigenvalue weighted by Crippen LogP contribution is 2.41. The van der Waals surface area contributed by atoms with Crippen LogP contribution in [0.25, 0.3) is 10.4 Å². The normalized spacial score (nSPS) is 29.8. The van der Waals surface area contributed by atoms with Crippen molar-refractivity contribution < 1.29 is 57.1 Å². The van der Waals surface area contributed by atoms with E-state index < -0.39 is 84.5 Å². The molecule has 2 aliphatic heterocycles. The zero-order valence-corrected chi connectivity index (χ0v) is 22.6. The number of hydrogen-bond donors (Lipinski definition) is 1. The topological polar surface area (TPSA) is 211 Å². The molecule has 1 N–H and O–H groups in total. The molecule has 16 heteroatoms. The number of methoxy groups -OCH3 is 1. The number of azide groups is 1. The zero-order valence-electron chi connectivity index (χ0n) is 22.6. The van der Waals surface area contributed by atoms with Crippen molar-refractivity contribution in [2.75, 3.05) is 20.3 Å². The SMILES string of the molecule is COC(=O)[C@@]1(NC(=O)OC(C)(C)C)C=C[C@]2(OC1)O[C@H](COC(C)=O)[C@H](OC(C)=O)[C@H](OC(C)=O)[C@H]2N=[N+]=[N-]. The standard InChI is InChI=1S/C23H32N4O12/c1-12(28)34-10-15-16(36-13(2)29)17(37-14(3)30)18(26-27-24)23(38-15)9-8-22(11-35-23,19(31)33-7)25-20(32)39-21(4,5)6/h8-9,15-18H,10-11H2,1-7H3,(H,25,32)/t15-,16+,17+,18-,22-,23+/m1/s1. The van der Waals surface area contributed by atoms with Crippen LogP contribution < -0.4 is 5.32 Å². The molecular weight excluding hydrogens is 524 g/mol. The van der Waals surface area contributed by atoms with Gasteiger partial charge in [0.15, 0.2) is 17.7 Å². The second kappa shape index (κ2) is 12.3. The predicted octanol–water partition coefficient (Wildman–Crippen LogP) is 1.21. The number of amides is 1. The second-order valence-corrected chi connectivity index (χ2v) is 9.69. The summed E-state index contributed by atoms with van der Waals surface area (Å²) in [5, 5.41) is 6.09. The van der Waals surface area contributed by atoms with Gasteiger partial charge in [-0.15, -0.1) is 0 Å². The fraction of sp³-hybridized carbons (Fsp3) is 0.696. The van der Waals surface area contributed by atoms with Gasteiger partial charge in [0.05, 0.1) is 13.7 Å². The Morgan fingerprint density at radius 1 is 1.05 bits per heavy atom. The van der Waals surface area contributed by atoms with E-state index in [2.05, 4.69) is 15.3 Å². The summed E-state index contributed by atoms with van der Waals surface area (Å²) in [5.74, 6) is -5.28. The van der Waals surface area contributed by atoms with Crippen molar-refractivity contribution in [1.29, 1.82) is 0 Å². The van der Waals surface area contributed by atoms with Crippen LogP contribution in [0.5, 0.6) is 0 Å². The molecule has 2 heterocycles.